The van der Waals surface area contributed by atoms with Crippen molar-refractivity contribution in [3.63, 3.8) is 0 Å². The van der Waals surface area contributed by atoms with E-state index in [1.165, 1.54) is 11.3 Å². The van der Waals surface area contributed by atoms with Crippen LogP contribution in [0.1, 0.15) is 29.8 Å². The molecule has 2 aromatic carbocycles. The van der Waals surface area contributed by atoms with Crippen LogP contribution in [0.25, 0.3) is 11.1 Å². The number of hydrogen-bond donors (Lipinski definition) is 0. The van der Waals surface area contributed by atoms with Gasteiger partial charge in [-0.3, -0.25) is 4.79 Å². The fourth-order valence-electron chi connectivity index (χ4n) is 2.46. The van der Waals surface area contributed by atoms with Crippen molar-refractivity contribution < 1.29 is 4.79 Å². The van der Waals surface area contributed by atoms with Gasteiger partial charge in [0.25, 0.3) is 0 Å². The van der Waals surface area contributed by atoms with Gasteiger partial charge < -0.3 is 4.90 Å². The van der Waals surface area contributed by atoms with Crippen molar-refractivity contribution in [2.75, 3.05) is 18.0 Å². The van der Waals surface area contributed by atoms with Crippen molar-refractivity contribution in [1.29, 1.82) is 0 Å². The Kier molecular flexibility index (Phi) is 4.57. The molecule has 0 radical (unpaired) electrons. The molecular formula is C18H21NO. The number of rotatable bonds is 5. The van der Waals surface area contributed by atoms with Crippen molar-refractivity contribution >= 4 is 12.0 Å². The molecule has 2 nitrogen and oxygen atoms in total. The van der Waals surface area contributed by atoms with Crippen LogP contribution in [0.3, 0.4) is 0 Å². The smallest absolute Gasteiger partial charge is 0.150 e. The molecule has 2 aromatic rings. The van der Waals surface area contributed by atoms with Crippen molar-refractivity contribution in [1.82, 2.24) is 0 Å². The average molecular weight is 267 g/mol. The van der Waals surface area contributed by atoms with Gasteiger partial charge in [-0.25, -0.2) is 0 Å². The van der Waals surface area contributed by atoms with Crippen molar-refractivity contribution in [2.24, 2.45) is 0 Å². The maximum absolute atomic E-state index is 11.2. The highest BCUT2D eigenvalue weighted by molar-refractivity contribution is 5.88. The molecule has 0 aliphatic carbocycles. The first kappa shape index (κ1) is 14.3. The minimum atomic E-state index is 0.742. The van der Waals surface area contributed by atoms with E-state index in [1.807, 2.05) is 19.1 Å². The van der Waals surface area contributed by atoms with Gasteiger partial charge in [-0.2, -0.15) is 0 Å². The Balaban J connectivity index is 2.39. The molecule has 0 aromatic heterocycles. The summed E-state index contributed by atoms with van der Waals surface area (Å²) in [5, 5.41) is 0. The van der Waals surface area contributed by atoms with Crippen molar-refractivity contribution in [3.05, 3.63) is 53.6 Å². The summed E-state index contributed by atoms with van der Waals surface area (Å²) in [5.41, 5.74) is 5.22. The fourth-order valence-corrected chi connectivity index (χ4v) is 2.46. The highest BCUT2D eigenvalue weighted by atomic mass is 16.1. The molecule has 0 amide bonds. The molecule has 2 heteroatoms. The molecule has 0 atom stereocenters. The number of aldehydes is 1. The molecule has 0 saturated heterocycles. The van der Waals surface area contributed by atoms with Crippen molar-refractivity contribution in [2.45, 2.75) is 20.8 Å². The molecule has 20 heavy (non-hydrogen) atoms. The highest BCUT2D eigenvalue weighted by Crippen LogP contribution is 2.26. The molecule has 0 spiro atoms. The summed E-state index contributed by atoms with van der Waals surface area (Å²) in [6, 6.07) is 14.4. The van der Waals surface area contributed by atoms with E-state index >= 15 is 0 Å². The van der Waals surface area contributed by atoms with E-state index in [0.29, 0.717) is 0 Å². The second kappa shape index (κ2) is 6.38. The summed E-state index contributed by atoms with van der Waals surface area (Å²) in [4.78, 5) is 13.5. The van der Waals surface area contributed by atoms with Gasteiger partial charge in [0.1, 0.15) is 0 Å². The van der Waals surface area contributed by atoms with E-state index in [9.17, 15) is 4.79 Å². The van der Waals surface area contributed by atoms with E-state index in [-0.39, 0.29) is 0 Å². The molecule has 0 fully saturated rings. The number of hydrogen-bond acceptors (Lipinski definition) is 2. The Morgan fingerprint density at radius 1 is 1.00 bits per heavy atom. The standard InChI is InChI=1S/C18H21NO/c1-4-19(5-2)17-10-8-15(9-11-17)18-12-14(3)6-7-16(18)13-20/h6-13H,4-5H2,1-3H3. The average Bonchev–Trinajstić information content (AvgIpc) is 2.49. The van der Waals surface area contributed by atoms with Gasteiger partial charge in [0.2, 0.25) is 0 Å². The summed E-state index contributed by atoms with van der Waals surface area (Å²) >= 11 is 0. The van der Waals surface area contributed by atoms with Crippen LogP contribution in [0.4, 0.5) is 5.69 Å². The number of carbonyl (C=O) groups is 1. The highest BCUT2D eigenvalue weighted by Gasteiger charge is 2.06. The third-order valence-corrected chi connectivity index (χ3v) is 3.64. The van der Waals surface area contributed by atoms with Gasteiger partial charge in [0, 0.05) is 24.3 Å². The third kappa shape index (κ3) is 2.90. The molecule has 0 heterocycles. The molecule has 0 aliphatic rings. The van der Waals surface area contributed by atoms with Crippen LogP contribution < -0.4 is 4.90 Å². The van der Waals surface area contributed by atoms with Crippen LogP contribution in [0.2, 0.25) is 0 Å². The predicted octanol–water partition coefficient (Wildman–Crippen LogP) is 4.32. The SMILES string of the molecule is CCN(CC)c1ccc(-c2cc(C)ccc2C=O)cc1. The summed E-state index contributed by atoms with van der Waals surface area (Å²) in [5.74, 6) is 0. The second-order valence-corrected chi connectivity index (χ2v) is 4.93. The lowest BCUT2D eigenvalue weighted by Gasteiger charge is -2.21. The Labute approximate surface area is 121 Å². The van der Waals surface area contributed by atoms with Gasteiger partial charge in [0.15, 0.2) is 6.29 Å². The first-order valence-electron chi connectivity index (χ1n) is 7.10. The molecule has 2 rings (SSSR count). The van der Waals surface area contributed by atoms with Gasteiger partial charge in [-0.1, -0.05) is 35.9 Å². The maximum Gasteiger partial charge on any atom is 0.150 e. The molecule has 0 unspecified atom stereocenters. The number of anilines is 1. The lowest BCUT2D eigenvalue weighted by molar-refractivity contribution is 0.112. The third-order valence-electron chi connectivity index (χ3n) is 3.64. The van der Waals surface area contributed by atoms with Gasteiger partial charge >= 0.3 is 0 Å². The first-order valence-corrected chi connectivity index (χ1v) is 7.10. The largest absolute Gasteiger partial charge is 0.372 e. The molecular weight excluding hydrogens is 246 g/mol. The van der Waals surface area contributed by atoms with Crippen LogP contribution in [-0.4, -0.2) is 19.4 Å². The minimum absolute atomic E-state index is 0.742. The van der Waals surface area contributed by atoms with Gasteiger partial charge in [-0.15, -0.1) is 0 Å². The topological polar surface area (TPSA) is 20.3 Å². The molecule has 0 aliphatic heterocycles. The van der Waals surface area contributed by atoms with E-state index in [0.717, 1.165) is 36.1 Å². The van der Waals surface area contributed by atoms with Crippen LogP contribution in [0.5, 0.6) is 0 Å². The first-order chi connectivity index (χ1) is 9.69. The van der Waals surface area contributed by atoms with E-state index in [1.54, 1.807) is 0 Å². The summed E-state index contributed by atoms with van der Waals surface area (Å²) < 4.78 is 0. The molecule has 104 valence electrons. The number of nitrogens with zero attached hydrogens (tertiary/aromatic N) is 1. The maximum atomic E-state index is 11.2. The second-order valence-electron chi connectivity index (χ2n) is 4.93. The Hall–Kier alpha value is -2.09. The Bertz CT molecular complexity index is 583. The molecule has 0 N–H and O–H groups in total. The van der Waals surface area contributed by atoms with Crippen LogP contribution in [0, 0.1) is 6.92 Å². The minimum Gasteiger partial charge on any atom is -0.372 e. The number of benzene rings is 2. The number of aryl methyl sites for hydroxylation is 1. The van der Waals surface area contributed by atoms with E-state index < -0.39 is 0 Å². The van der Waals surface area contributed by atoms with E-state index in [2.05, 4.69) is 49.1 Å². The summed E-state index contributed by atoms with van der Waals surface area (Å²) in [7, 11) is 0. The van der Waals surface area contributed by atoms with Crippen LogP contribution in [0.15, 0.2) is 42.5 Å². The van der Waals surface area contributed by atoms with Crippen LogP contribution >= 0.6 is 0 Å². The molecule has 0 saturated carbocycles. The summed E-state index contributed by atoms with van der Waals surface area (Å²) in [6.45, 7) is 8.35. The predicted molar refractivity (Wildman–Crippen MR) is 85.6 cm³/mol. The van der Waals surface area contributed by atoms with Gasteiger partial charge in [-0.05, 0) is 44.0 Å². The van der Waals surface area contributed by atoms with E-state index in [4.69, 9.17) is 0 Å². The molecule has 0 bridgehead atoms. The Morgan fingerprint density at radius 3 is 2.20 bits per heavy atom. The zero-order valence-corrected chi connectivity index (χ0v) is 12.4. The zero-order chi connectivity index (χ0) is 14.5. The quantitative estimate of drug-likeness (QED) is 0.752. The number of carbonyl (C=O) groups excluding carboxylic acids is 1. The lowest BCUT2D eigenvalue weighted by Crippen LogP contribution is -2.21. The fraction of sp³-hybridized carbons (Fsp3) is 0.278. The lowest BCUT2D eigenvalue weighted by atomic mass is 9.98. The monoisotopic (exact) mass is 267 g/mol. The zero-order valence-electron chi connectivity index (χ0n) is 12.4. The van der Waals surface area contributed by atoms with Crippen LogP contribution in [-0.2, 0) is 0 Å². The normalized spacial score (nSPS) is 10.3. The van der Waals surface area contributed by atoms with Gasteiger partial charge in [0.05, 0.1) is 0 Å². The Morgan fingerprint density at radius 2 is 1.65 bits per heavy atom. The van der Waals surface area contributed by atoms with Crippen molar-refractivity contribution in [3.8, 4) is 11.1 Å². The summed E-state index contributed by atoms with van der Waals surface area (Å²) in [6.07, 6.45) is 0.924.